The van der Waals surface area contributed by atoms with Crippen LogP contribution in [0.1, 0.15) is 29.5 Å². The van der Waals surface area contributed by atoms with E-state index < -0.39 is 0 Å². The van der Waals surface area contributed by atoms with E-state index in [1.807, 2.05) is 60.4 Å². The van der Waals surface area contributed by atoms with Crippen LogP contribution >= 0.6 is 11.6 Å². The molecule has 5 heteroatoms. The molecule has 1 saturated heterocycles. The van der Waals surface area contributed by atoms with Crippen LogP contribution < -0.4 is 5.32 Å². The summed E-state index contributed by atoms with van der Waals surface area (Å²) in [6.07, 6.45) is 1.82. The van der Waals surface area contributed by atoms with E-state index in [9.17, 15) is 9.59 Å². The van der Waals surface area contributed by atoms with E-state index in [1.54, 1.807) is 0 Å². The molecule has 0 bridgehead atoms. The second-order valence-electron chi connectivity index (χ2n) is 7.16. The lowest BCUT2D eigenvalue weighted by Crippen LogP contribution is -2.46. The number of aryl methyl sites for hydroxylation is 1. The molecule has 0 aromatic heterocycles. The fourth-order valence-electron chi connectivity index (χ4n) is 3.30. The number of amides is 2. The largest absolute Gasteiger partial charge is 0.352 e. The van der Waals surface area contributed by atoms with E-state index in [-0.39, 0.29) is 17.7 Å². The second kappa shape index (κ2) is 9.05. The highest BCUT2D eigenvalue weighted by atomic mass is 35.5. The average molecular weight is 385 g/mol. The van der Waals surface area contributed by atoms with E-state index in [4.69, 9.17) is 11.6 Å². The fourth-order valence-corrected chi connectivity index (χ4v) is 3.43. The van der Waals surface area contributed by atoms with Gasteiger partial charge in [0.25, 0.3) is 0 Å². The van der Waals surface area contributed by atoms with Gasteiger partial charge in [-0.15, -0.1) is 0 Å². The van der Waals surface area contributed by atoms with Crippen molar-refractivity contribution in [3.63, 3.8) is 0 Å². The van der Waals surface area contributed by atoms with Gasteiger partial charge < -0.3 is 10.2 Å². The number of hydrogen-bond donors (Lipinski definition) is 1. The van der Waals surface area contributed by atoms with Gasteiger partial charge >= 0.3 is 0 Å². The molecular weight excluding hydrogens is 360 g/mol. The number of carbonyl (C=O) groups is 2. The van der Waals surface area contributed by atoms with E-state index in [2.05, 4.69) is 5.32 Å². The lowest BCUT2D eigenvalue weighted by atomic mass is 9.96. The van der Waals surface area contributed by atoms with Crippen LogP contribution in [0.25, 0.3) is 0 Å². The standard InChI is InChI=1S/C22H25ClN2O2/c1-16-2-4-18(5-3-16)14-24-22(27)19-8-11-21(26)25(15-19)13-12-17-6-9-20(23)10-7-17/h2-7,9-10,19H,8,11-15H2,1H3,(H,24,27). The molecular formula is C22H25ClN2O2. The summed E-state index contributed by atoms with van der Waals surface area (Å²) < 4.78 is 0. The maximum atomic E-state index is 12.5. The summed E-state index contributed by atoms with van der Waals surface area (Å²) in [4.78, 5) is 26.6. The molecule has 0 aliphatic carbocycles. The quantitative estimate of drug-likeness (QED) is 0.824. The van der Waals surface area contributed by atoms with Crippen LogP contribution in [0.5, 0.6) is 0 Å². The first kappa shape index (κ1) is 19.4. The number of carbonyl (C=O) groups excluding carboxylic acids is 2. The Balaban J connectivity index is 1.50. The topological polar surface area (TPSA) is 49.4 Å². The van der Waals surface area contributed by atoms with Crippen LogP contribution in [-0.4, -0.2) is 29.8 Å². The molecule has 1 N–H and O–H groups in total. The normalized spacial score (nSPS) is 17.0. The predicted octanol–water partition coefficient (Wildman–Crippen LogP) is 3.75. The Labute approximate surface area is 165 Å². The summed E-state index contributed by atoms with van der Waals surface area (Å²) in [7, 11) is 0. The molecule has 1 aliphatic rings. The number of halogens is 1. The highest BCUT2D eigenvalue weighted by Gasteiger charge is 2.29. The zero-order valence-corrected chi connectivity index (χ0v) is 16.3. The Kier molecular flexibility index (Phi) is 6.51. The summed E-state index contributed by atoms with van der Waals surface area (Å²) in [5, 5.41) is 3.72. The molecule has 1 aliphatic heterocycles. The second-order valence-corrected chi connectivity index (χ2v) is 7.59. The van der Waals surface area contributed by atoms with Crippen molar-refractivity contribution >= 4 is 23.4 Å². The SMILES string of the molecule is Cc1ccc(CNC(=O)C2CCC(=O)N(CCc3ccc(Cl)cc3)C2)cc1. The van der Waals surface area contributed by atoms with E-state index in [0.717, 1.165) is 17.5 Å². The summed E-state index contributed by atoms with van der Waals surface area (Å²) in [5.74, 6) is 0.0180. The summed E-state index contributed by atoms with van der Waals surface area (Å²) in [6.45, 7) is 3.68. The van der Waals surface area contributed by atoms with Gasteiger partial charge in [0.1, 0.15) is 0 Å². The zero-order valence-electron chi connectivity index (χ0n) is 15.6. The van der Waals surface area contributed by atoms with Crippen LogP contribution in [0.2, 0.25) is 5.02 Å². The molecule has 27 heavy (non-hydrogen) atoms. The average Bonchev–Trinajstić information content (AvgIpc) is 2.68. The molecule has 0 saturated carbocycles. The number of hydrogen-bond acceptors (Lipinski definition) is 2. The maximum Gasteiger partial charge on any atom is 0.225 e. The Morgan fingerprint density at radius 2 is 1.78 bits per heavy atom. The highest BCUT2D eigenvalue weighted by Crippen LogP contribution is 2.19. The van der Waals surface area contributed by atoms with Crippen LogP contribution in [0.3, 0.4) is 0 Å². The molecule has 1 heterocycles. The molecule has 1 unspecified atom stereocenters. The Morgan fingerprint density at radius 1 is 1.11 bits per heavy atom. The first-order valence-electron chi connectivity index (χ1n) is 9.37. The molecule has 1 fully saturated rings. The Hall–Kier alpha value is -2.33. The molecule has 1 atom stereocenters. The molecule has 3 rings (SSSR count). The van der Waals surface area contributed by atoms with Crippen LogP contribution in [0.15, 0.2) is 48.5 Å². The minimum atomic E-state index is -0.140. The van der Waals surface area contributed by atoms with Crippen molar-refractivity contribution in [1.82, 2.24) is 10.2 Å². The Bertz CT molecular complexity index is 787. The Morgan fingerprint density at radius 3 is 2.48 bits per heavy atom. The van der Waals surface area contributed by atoms with Crippen molar-refractivity contribution in [2.45, 2.75) is 32.7 Å². The lowest BCUT2D eigenvalue weighted by molar-refractivity contribution is -0.138. The first-order valence-corrected chi connectivity index (χ1v) is 9.74. The van der Waals surface area contributed by atoms with Crippen LogP contribution in [-0.2, 0) is 22.6 Å². The number of piperidine rings is 1. The third kappa shape index (κ3) is 5.57. The van der Waals surface area contributed by atoms with Crippen LogP contribution in [0.4, 0.5) is 0 Å². The van der Waals surface area contributed by atoms with Gasteiger partial charge in [0.15, 0.2) is 0 Å². The van der Waals surface area contributed by atoms with Crippen molar-refractivity contribution in [1.29, 1.82) is 0 Å². The van der Waals surface area contributed by atoms with E-state index >= 15 is 0 Å². The molecule has 2 amide bonds. The summed E-state index contributed by atoms with van der Waals surface area (Å²) >= 11 is 5.91. The van der Waals surface area contributed by atoms with Crippen molar-refractivity contribution in [2.24, 2.45) is 5.92 Å². The highest BCUT2D eigenvalue weighted by molar-refractivity contribution is 6.30. The van der Waals surface area contributed by atoms with Crippen molar-refractivity contribution in [2.75, 3.05) is 13.1 Å². The molecule has 2 aromatic carbocycles. The third-order valence-corrected chi connectivity index (χ3v) is 5.29. The molecule has 2 aromatic rings. The number of nitrogens with zero attached hydrogens (tertiary/aromatic N) is 1. The fraction of sp³-hybridized carbons (Fsp3) is 0.364. The molecule has 142 valence electrons. The molecule has 0 spiro atoms. The summed E-state index contributed by atoms with van der Waals surface area (Å²) in [5.41, 5.74) is 3.42. The smallest absolute Gasteiger partial charge is 0.225 e. The van der Waals surface area contributed by atoms with Gasteiger partial charge in [-0.25, -0.2) is 0 Å². The number of nitrogens with one attached hydrogen (secondary N) is 1. The van der Waals surface area contributed by atoms with Gasteiger partial charge in [0, 0.05) is 31.1 Å². The minimum Gasteiger partial charge on any atom is -0.352 e. The number of benzene rings is 2. The minimum absolute atomic E-state index is 0.0274. The van der Waals surface area contributed by atoms with Gasteiger partial charge in [-0.05, 0) is 43.0 Å². The zero-order chi connectivity index (χ0) is 19.2. The summed E-state index contributed by atoms with van der Waals surface area (Å²) in [6, 6.07) is 15.8. The van der Waals surface area contributed by atoms with Crippen LogP contribution in [0, 0.1) is 12.8 Å². The molecule has 0 radical (unpaired) electrons. The van der Waals surface area contributed by atoms with Gasteiger partial charge in [-0.2, -0.15) is 0 Å². The number of likely N-dealkylation sites (tertiary alicyclic amines) is 1. The van der Waals surface area contributed by atoms with Gasteiger partial charge in [-0.1, -0.05) is 53.6 Å². The predicted molar refractivity (Wildman–Crippen MR) is 107 cm³/mol. The number of rotatable bonds is 6. The monoisotopic (exact) mass is 384 g/mol. The van der Waals surface area contributed by atoms with Gasteiger partial charge in [0.2, 0.25) is 11.8 Å². The first-order chi connectivity index (χ1) is 13.0. The van der Waals surface area contributed by atoms with E-state index in [0.29, 0.717) is 37.5 Å². The van der Waals surface area contributed by atoms with Crippen molar-refractivity contribution in [3.8, 4) is 0 Å². The van der Waals surface area contributed by atoms with Crippen molar-refractivity contribution in [3.05, 3.63) is 70.2 Å². The molecule has 4 nitrogen and oxygen atoms in total. The van der Waals surface area contributed by atoms with Crippen molar-refractivity contribution < 1.29 is 9.59 Å². The lowest BCUT2D eigenvalue weighted by Gasteiger charge is -2.32. The third-order valence-electron chi connectivity index (χ3n) is 5.04. The van der Waals surface area contributed by atoms with Gasteiger partial charge in [0.05, 0.1) is 5.92 Å². The maximum absolute atomic E-state index is 12.5. The van der Waals surface area contributed by atoms with E-state index in [1.165, 1.54) is 5.56 Å². The van der Waals surface area contributed by atoms with Gasteiger partial charge in [-0.3, -0.25) is 9.59 Å².